The van der Waals surface area contributed by atoms with E-state index >= 15 is 0 Å². The summed E-state index contributed by atoms with van der Waals surface area (Å²) in [5.74, 6) is 0. The van der Waals surface area contributed by atoms with Gasteiger partial charge in [-0.2, -0.15) is 0 Å². The Kier molecular flexibility index (Phi) is 3.50. The number of methoxy groups -OCH3 is 1. The van der Waals surface area contributed by atoms with Gasteiger partial charge in [-0.15, -0.1) is 11.3 Å². The largest absolute Gasteiger partial charge is 0.384 e. The molecular weight excluding hydrogens is 196 g/mol. The Morgan fingerprint density at radius 2 is 2.64 bits per heavy atom. The number of aromatic nitrogens is 1. The van der Waals surface area contributed by atoms with Gasteiger partial charge in [0.05, 0.1) is 23.4 Å². The highest BCUT2D eigenvalue weighted by molar-refractivity contribution is 7.09. The molecule has 1 aromatic heterocycles. The predicted molar refractivity (Wildman–Crippen MR) is 57.7 cm³/mol. The summed E-state index contributed by atoms with van der Waals surface area (Å²) in [7, 11) is 1.73. The summed E-state index contributed by atoms with van der Waals surface area (Å²) in [6, 6.07) is 0.502. The molecule has 0 aliphatic carbocycles. The number of nitrogens with zero attached hydrogens (tertiary/aromatic N) is 1. The molecule has 1 aliphatic heterocycles. The van der Waals surface area contributed by atoms with E-state index < -0.39 is 0 Å². The molecule has 0 unspecified atom stereocenters. The summed E-state index contributed by atoms with van der Waals surface area (Å²) in [5.41, 5.74) is 1.22. The van der Waals surface area contributed by atoms with Crippen molar-refractivity contribution in [2.45, 2.75) is 25.3 Å². The van der Waals surface area contributed by atoms with Gasteiger partial charge in [0.15, 0.2) is 0 Å². The van der Waals surface area contributed by atoms with E-state index in [0.29, 0.717) is 6.04 Å². The lowest BCUT2D eigenvalue weighted by Crippen LogP contribution is -2.13. The second-order valence-electron chi connectivity index (χ2n) is 3.56. The van der Waals surface area contributed by atoms with Gasteiger partial charge in [0.2, 0.25) is 0 Å². The molecule has 14 heavy (non-hydrogen) atoms. The van der Waals surface area contributed by atoms with Gasteiger partial charge in [-0.25, -0.2) is 4.98 Å². The van der Waals surface area contributed by atoms with E-state index in [1.165, 1.54) is 23.5 Å². The fourth-order valence-electron chi connectivity index (χ4n) is 1.73. The Morgan fingerprint density at radius 3 is 3.36 bits per heavy atom. The van der Waals surface area contributed by atoms with Crippen molar-refractivity contribution in [1.29, 1.82) is 0 Å². The summed E-state index contributed by atoms with van der Waals surface area (Å²) in [4.78, 5) is 4.61. The van der Waals surface area contributed by atoms with Crippen LogP contribution in [-0.4, -0.2) is 25.2 Å². The molecule has 0 aromatic carbocycles. The lowest BCUT2D eigenvalue weighted by atomic mass is 10.2. The highest BCUT2D eigenvalue weighted by atomic mass is 32.1. The molecule has 0 saturated carbocycles. The van der Waals surface area contributed by atoms with E-state index in [2.05, 4.69) is 15.7 Å². The van der Waals surface area contributed by atoms with Crippen LogP contribution in [0.3, 0.4) is 0 Å². The molecule has 1 N–H and O–H groups in total. The number of thiazole rings is 1. The Morgan fingerprint density at radius 1 is 1.71 bits per heavy atom. The molecule has 1 aromatic rings. The molecule has 3 nitrogen and oxygen atoms in total. The first-order valence-corrected chi connectivity index (χ1v) is 5.94. The van der Waals surface area contributed by atoms with Gasteiger partial charge in [0.25, 0.3) is 0 Å². The lowest BCUT2D eigenvalue weighted by Gasteiger charge is -2.04. The third-order valence-electron chi connectivity index (χ3n) is 2.51. The van der Waals surface area contributed by atoms with Crippen LogP contribution in [0.15, 0.2) is 5.38 Å². The van der Waals surface area contributed by atoms with E-state index in [9.17, 15) is 0 Å². The maximum Gasteiger partial charge on any atom is 0.0951 e. The van der Waals surface area contributed by atoms with Crippen LogP contribution in [0.1, 0.15) is 29.6 Å². The average Bonchev–Trinajstić information content (AvgIpc) is 2.85. The van der Waals surface area contributed by atoms with E-state index in [1.54, 1.807) is 18.4 Å². The smallest absolute Gasteiger partial charge is 0.0951 e. The van der Waals surface area contributed by atoms with Gasteiger partial charge in [0.1, 0.15) is 0 Å². The summed E-state index contributed by atoms with van der Waals surface area (Å²) in [6.07, 6.45) is 3.44. The van der Waals surface area contributed by atoms with Crippen molar-refractivity contribution in [2.24, 2.45) is 0 Å². The van der Waals surface area contributed by atoms with E-state index in [0.717, 1.165) is 19.6 Å². The number of hydrogen-bond donors (Lipinski definition) is 1. The van der Waals surface area contributed by atoms with Gasteiger partial charge < -0.3 is 10.1 Å². The Labute approximate surface area is 88.5 Å². The molecule has 1 fully saturated rings. The van der Waals surface area contributed by atoms with Crippen molar-refractivity contribution in [3.63, 3.8) is 0 Å². The molecule has 1 atom stereocenters. The summed E-state index contributed by atoms with van der Waals surface area (Å²) in [5, 5.41) is 6.82. The van der Waals surface area contributed by atoms with Crippen LogP contribution in [0.2, 0.25) is 0 Å². The van der Waals surface area contributed by atoms with Crippen molar-refractivity contribution in [2.75, 3.05) is 20.3 Å². The number of rotatable bonds is 4. The van der Waals surface area contributed by atoms with Gasteiger partial charge in [-0.1, -0.05) is 0 Å². The average molecular weight is 212 g/mol. The normalized spacial score (nSPS) is 21.6. The molecule has 2 heterocycles. The SMILES string of the molecule is COCCc1nc([C@H]2CCCN2)cs1. The molecule has 0 spiro atoms. The summed E-state index contributed by atoms with van der Waals surface area (Å²) < 4.78 is 5.03. The zero-order chi connectivity index (χ0) is 9.80. The quantitative estimate of drug-likeness (QED) is 0.825. The number of nitrogens with one attached hydrogen (secondary N) is 1. The lowest BCUT2D eigenvalue weighted by molar-refractivity contribution is 0.202. The number of hydrogen-bond acceptors (Lipinski definition) is 4. The van der Waals surface area contributed by atoms with Crippen LogP contribution in [0.4, 0.5) is 0 Å². The monoisotopic (exact) mass is 212 g/mol. The van der Waals surface area contributed by atoms with Crippen LogP contribution in [0.25, 0.3) is 0 Å². The van der Waals surface area contributed by atoms with Crippen LogP contribution in [-0.2, 0) is 11.2 Å². The molecule has 1 saturated heterocycles. The van der Waals surface area contributed by atoms with Gasteiger partial charge in [-0.05, 0) is 19.4 Å². The van der Waals surface area contributed by atoms with Gasteiger partial charge in [0, 0.05) is 18.9 Å². The van der Waals surface area contributed by atoms with Crippen LogP contribution >= 0.6 is 11.3 Å². The third-order valence-corrected chi connectivity index (χ3v) is 3.43. The first-order chi connectivity index (χ1) is 6.90. The van der Waals surface area contributed by atoms with Crippen LogP contribution in [0.5, 0.6) is 0 Å². The molecule has 1 aliphatic rings. The Hall–Kier alpha value is -0.450. The molecule has 0 bridgehead atoms. The van der Waals surface area contributed by atoms with Crippen LogP contribution in [0, 0.1) is 0 Å². The molecular formula is C10H16N2OS. The molecule has 4 heteroatoms. The van der Waals surface area contributed by atoms with E-state index in [-0.39, 0.29) is 0 Å². The predicted octanol–water partition coefficient (Wildman–Crippen LogP) is 1.76. The Bertz CT molecular complexity index is 281. The second-order valence-corrected chi connectivity index (χ2v) is 4.50. The van der Waals surface area contributed by atoms with Gasteiger partial charge >= 0.3 is 0 Å². The van der Waals surface area contributed by atoms with Crippen LogP contribution < -0.4 is 5.32 Å². The maximum atomic E-state index is 5.03. The Balaban J connectivity index is 1.94. The summed E-state index contributed by atoms with van der Waals surface area (Å²) in [6.45, 7) is 1.90. The minimum absolute atomic E-state index is 0.502. The molecule has 0 amide bonds. The van der Waals surface area contributed by atoms with Crippen molar-refractivity contribution < 1.29 is 4.74 Å². The maximum absolute atomic E-state index is 5.03. The zero-order valence-electron chi connectivity index (χ0n) is 8.45. The standard InChI is InChI=1S/C10H16N2OS/c1-13-6-4-10-12-9(7-14-10)8-3-2-5-11-8/h7-8,11H,2-6H2,1H3/t8-/m1/s1. The third kappa shape index (κ3) is 2.32. The minimum Gasteiger partial charge on any atom is -0.384 e. The van der Waals surface area contributed by atoms with E-state index in [4.69, 9.17) is 4.74 Å². The first kappa shape index (κ1) is 10.1. The van der Waals surface area contributed by atoms with Crippen molar-refractivity contribution in [3.05, 3.63) is 16.1 Å². The second kappa shape index (κ2) is 4.87. The van der Waals surface area contributed by atoms with Crippen molar-refractivity contribution >= 4 is 11.3 Å². The topological polar surface area (TPSA) is 34.1 Å². The fraction of sp³-hybridized carbons (Fsp3) is 0.700. The van der Waals surface area contributed by atoms with E-state index in [1.807, 2.05) is 0 Å². The first-order valence-electron chi connectivity index (χ1n) is 5.07. The summed E-state index contributed by atoms with van der Waals surface area (Å²) >= 11 is 1.75. The fourth-order valence-corrected chi connectivity index (χ4v) is 2.56. The molecule has 0 radical (unpaired) electrons. The van der Waals surface area contributed by atoms with Gasteiger partial charge in [-0.3, -0.25) is 0 Å². The molecule has 78 valence electrons. The van der Waals surface area contributed by atoms with Crippen molar-refractivity contribution in [1.82, 2.24) is 10.3 Å². The highest BCUT2D eigenvalue weighted by Gasteiger charge is 2.18. The minimum atomic E-state index is 0.502. The van der Waals surface area contributed by atoms with Crippen molar-refractivity contribution in [3.8, 4) is 0 Å². The number of ether oxygens (including phenoxy) is 1. The zero-order valence-corrected chi connectivity index (χ0v) is 9.27. The highest BCUT2D eigenvalue weighted by Crippen LogP contribution is 2.24. The molecule has 2 rings (SSSR count).